The van der Waals surface area contributed by atoms with E-state index in [1.54, 1.807) is 18.2 Å². The molecule has 7 heteroatoms. The molecule has 0 unspecified atom stereocenters. The molecule has 1 N–H and O–H groups in total. The van der Waals surface area contributed by atoms with Crippen molar-refractivity contribution >= 4 is 15.7 Å². The van der Waals surface area contributed by atoms with Gasteiger partial charge in [-0.3, -0.25) is 4.72 Å². The van der Waals surface area contributed by atoms with E-state index in [1.165, 1.54) is 26.4 Å². The molecule has 0 aliphatic carbocycles. The molecule has 0 fully saturated rings. The van der Waals surface area contributed by atoms with Crippen molar-refractivity contribution in [1.29, 1.82) is 0 Å². The third-order valence-corrected chi connectivity index (χ3v) is 4.14. The summed E-state index contributed by atoms with van der Waals surface area (Å²) in [5, 5.41) is 0. The molecule has 0 spiro atoms. The van der Waals surface area contributed by atoms with E-state index in [0.29, 0.717) is 11.4 Å². The molecule has 0 aliphatic heterocycles. The highest BCUT2D eigenvalue weighted by Crippen LogP contribution is 2.27. The fourth-order valence-electron chi connectivity index (χ4n) is 1.76. The first-order chi connectivity index (χ1) is 9.96. The minimum absolute atomic E-state index is 0.0618. The SMILES string of the molecule is COc1cccc(NS(=O)(=O)c2cc(F)ccc2OC)c1. The maximum Gasteiger partial charge on any atom is 0.265 e. The molecule has 0 aliphatic rings. The summed E-state index contributed by atoms with van der Waals surface area (Å²) in [5.41, 5.74) is 0.306. The molecule has 0 amide bonds. The Hall–Kier alpha value is -2.28. The van der Waals surface area contributed by atoms with Gasteiger partial charge in [0.2, 0.25) is 0 Å². The number of hydrogen-bond donors (Lipinski definition) is 1. The van der Waals surface area contributed by atoms with E-state index in [0.717, 1.165) is 12.1 Å². The second kappa shape index (κ2) is 6.01. The van der Waals surface area contributed by atoms with Crippen molar-refractivity contribution in [3.8, 4) is 11.5 Å². The molecule has 0 bridgehead atoms. The van der Waals surface area contributed by atoms with Gasteiger partial charge < -0.3 is 9.47 Å². The summed E-state index contributed by atoms with van der Waals surface area (Å²) in [6.07, 6.45) is 0. The van der Waals surface area contributed by atoms with Crippen molar-refractivity contribution in [2.45, 2.75) is 4.90 Å². The molecule has 0 aromatic heterocycles. The lowest BCUT2D eigenvalue weighted by molar-refractivity contribution is 0.401. The zero-order valence-corrected chi connectivity index (χ0v) is 12.3. The van der Waals surface area contributed by atoms with Crippen molar-refractivity contribution in [3.63, 3.8) is 0 Å². The molecular weight excluding hydrogens is 297 g/mol. The van der Waals surface area contributed by atoms with Crippen LogP contribution in [0.2, 0.25) is 0 Å². The van der Waals surface area contributed by atoms with Gasteiger partial charge in [-0.15, -0.1) is 0 Å². The highest BCUT2D eigenvalue weighted by Gasteiger charge is 2.20. The van der Waals surface area contributed by atoms with Gasteiger partial charge in [0.25, 0.3) is 10.0 Å². The zero-order chi connectivity index (χ0) is 15.5. The topological polar surface area (TPSA) is 64.6 Å². The molecule has 2 rings (SSSR count). The number of methoxy groups -OCH3 is 2. The predicted octanol–water partition coefficient (Wildman–Crippen LogP) is 2.64. The summed E-state index contributed by atoms with van der Waals surface area (Å²) in [6.45, 7) is 0. The van der Waals surface area contributed by atoms with Crippen LogP contribution in [0.3, 0.4) is 0 Å². The van der Waals surface area contributed by atoms with Crippen LogP contribution < -0.4 is 14.2 Å². The van der Waals surface area contributed by atoms with Crippen LogP contribution in [0.25, 0.3) is 0 Å². The van der Waals surface area contributed by atoms with E-state index in [2.05, 4.69) is 4.72 Å². The number of hydrogen-bond acceptors (Lipinski definition) is 4. The summed E-state index contributed by atoms with van der Waals surface area (Å²) in [6, 6.07) is 9.69. The van der Waals surface area contributed by atoms with E-state index in [-0.39, 0.29) is 10.6 Å². The Morgan fingerprint density at radius 1 is 1.05 bits per heavy atom. The monoisotopic (exact) mass is 311 g/mol. The minimum atomic E-state index is -3.97. The number of nitrogens with one attached hydrogen (secondary N) is 1. The molecule has 0 heterocycles. The quantitative estimate of drug-likeness (QED) is 0.922. The first-order valence-electron chi connectivity index (χ1n) is 5.96. The number of benzene rings is 2. The molecule has 0 atom stereocenters. The van der Waals surface area contributed by atoms with Crippen LogP contribution in [-0.2, 0) is 10.0 Å². The summed E-state index contributed by atoms with van der Waals surface area (Å²) in [7, 11) is -1.18. The van der Waals surface area contributed by atoms with Gasteiger partial charge in [-0.05, 0) is 30.3 Å². The number of sulfonamides is 1. The van der Waals surface area contributed by atoms with E-state index < -0.39 is 15.8 Å². The van der Waals surface area contributed by atoms with E-state index in [9.17, 15) is 12.8 Å². The number of rotatable bonds is 5. The molecule has 2 aromatic rings. The Kier molecular flexibility index (Phi) is 4.32. The van der Waals surface area contributed by atoms with Gasteiger partial charge in [-0.2, -0.15) is 0 Å². The van der Waals surface area contributed by atoms with E-state index >= 15 is 0 Å². The van der Waals surface area contributed by atoms with Gasteiger partial charge in [-0.1, -0.05) is 6.07 Å². The average Bonchev–Trinajstić information content (AvgIpc) is 2.47. The normalized spacial score (nSPS) is 11.0. The Morgan fingerprint density at radius 3 is 2.48 bits per heavy atom. The lowest BCUT2D eigenvalue weighted by Crippen LogP contribution is -2.14. The Labute approximate surface area is 122 Å². The fraction of sp³-hybridized carbons (Fsp3) is 0.143. The van der Waals surface area contributed by atoms with Crippen LogP contribution in [0.5, 0.6) is 11.5 Å². The molecule has 2 aromatic carbocycles. The molecule has 21 heavy (non-hydrogen) atoms. The zero-order valence-electron chi connectivity index (χ0n) is 11.5. The van der Waals surface area contributed by atoms with Gasteiger partial charge in [-0.25, -0.2) is 12.8 Å². The summed E-state index contributed by atoms with van der Waals surface area (Å²) >= 11 is 0. The summed E-state index contributed by atoms with van der Waals surface area (Å²) < 4.78 is 50.3. The summed E-state index contributed by atoms with van der Waals surface area (Å²) in [5.74, 6) is -0.102. The number of halogens is 1. The van der Waals surface area contributed by atoms with Gasteiger partial charge >= 0.3 is 0 Å². The minimum Gasteiger partial charge on any atom is -0.497 e. The first kappa shape index (κ1) is 15.1. The highest BCUT2D eigenvalue weighted by molar-refractivity contribution is 7.92. The molecule has 0 radical (unpaired) electrons. The molecule has 0 saturated heterocycles. The second-order valence-electron chi connectivity index (χ2n) is 4.13. The van der Waals surface area contributed by atoms with Crippen LogP contribution in [0.15, 0.2) is 47.4 Å². The molecule has 0 saturated carbocycles. The Balaban J connectivity index is 2.40. The van der Waals surface area contributed by atoms with Crippen LogP contribution >= 0.6 is 0 Å². The van der Waals surface area contributed by atoms with Crippen molar-refractivity contribution in [3.05, 3.63) is 48.3 Å². The van der Waals surface area contributed by atoms with Gasteiger partial charge in [0.1, 0.15) is 22.2 Å². The van der Waals surface area contributed by atoms with Crippen LogP contribution in [-0.4, -0.2) is 22.6 Å². The lowest BCUT2D eigenvalue weighted by atomic mass is 10.3. The van der Waals surface area contributed by atoms with E-state index in [1.807, 2.05) is 0 Å². The number of ether oxygens (including phenoxy) is 2. The Morgan fingerprint density at radius 2 is 1.81 bits per heavy atom. The predicted molar refractivity (Wildman–Crippen MR) is 76.8 cm³/mol. The third kappa shape index (κ3) is 3.43. The van der Waals surface area contributed by atoms with Crippen LogP contribution in [0, 0.1) is 5.82 Å². The highest BCUT2D eigenvalue weighted by atomic mass is 32.2. The van der Waals surface area contributed by atoms with Crippen molar-refractivity contribution in [2.24, 2.45) is 0 Å². The molecule has 112 valence electrons. The van der Waals surface area contributed by atoms with Gasteiger partial charge in [0.05, 0.1) is 19.9 Å². The largest absolute Gasteiger partial charge is 0.497 e. The van der Waals surface area contributed by atoms with E-state index in [4.69, 9.17) is 9.47 Å². The first-order valence-corrected chi connectivity index (χ1v) is 7.45. The third-order valence-electron chi connectivity index (χ3n) is 2.74. The fourth-order valence-corrected chi connectivity index (χ4v) is 2.99. The lowest BCUT2D eigenvalue weighted by Gasteiger charge is -2.12. The van der Waals surface area contributed by atoms with Gasteiger partial charge in [0, 0.05) is 6.07 Å². The average molecular weight is 311 g/mol. The second-order valence-corrected chi connectivity index (χ2v) is 5.78. The summed E-state index contributed by atoms with van der Waals surface area (Å²) in [4.78, 5) is -0.271. The molecular formula is C14H14FNO4S. The van der Waals surface area contributed by atoms with Crippen molar-refractivity contribution < 1.29 is 22.3 Å². The standard InChI is InChI=1S/C14H14FNO4S/c1-19-12-5-3-4-11(9-12)16-21(17,18)14-8-10(15)6-7-13(14)20-2/h3-9,16H,1-2H3. The van der Waals surface area contributed by atoms with Crippen LogP contribution in [0.4, 0.5) is 10.1 Å². The molecule has 5 nitrogen and oxygen atoms in total. The number of anilines is 1. The maximum atomic E-state index is 13.3. The maximum absolute atomic E-state index is 13.3. The Bertz CT molecular complexity index is 746. The smallest absolute Gasteiger partial charge is 0.265 e. The van der Waals surface area contributed by atoms with Crippen LogP contribution in [0.1, 0.15) is 0 Å². The van der Waals surface area contributed by atoms with Gasteiger partial charge in [0.15, 0.2) is 0 Å². The van der Waals surface area contributed by atoms with Crippen molar-refractivity contribution in [1.82, 2.24) is 0 Å². The van der Waals surface area contributed by atoms with Crippen molar-refractivity contribution in [2.75, 3.05) is 18.9 Å².